The van der Waals surface area contributed by atoms with Crippen molar-refractivity contribution in [2.75, 3.05) is 0 Å². The number of nitrogens with two attached hydrogens (primary N) is 1. The highest BCUT2D eigenvalue weighted by Crippen LogP contribution is 2.18. The van der Waals surface area contributed by atoms with Crippen molar-refractivity contribution in [2.45, 2.75) is 32.7 Å². The molecule has 0 aromatic carbocycles. The molecule has 3 heteroatoms. The SMILES string of the molecule is CC(=O)CCC(N)c1ccc(C)o1. The molecule has 1 aromatic heterocycles. The Kier molecular flexibility index (Phi) is 3.25. The van der Waals surface area contributed by atoms with Crippen molar-refractivity contribution < 1.29 is 9.21 Å². The van der Waals surface area contributed by atoms with Crippen LogP contribution in [0.15, 0.2) is 16.5 Å². The van der Waals surface area contributed by atoms with Crippen LogP contribution in [0.3, 0.4) is 0 Å². The van der Waals surface area contributed by atoms with Gasteiger partial charge in [-0.1, -0.05) is 0 Å². The van der Waals surface area contributed by atoms with Crippen molar-refractivity contribution in [2.24, 2.45) is 5.73 Å². The van der Waals surface area contributed by atoms with E-state index in [1.165, 1.54) is 0 Å². The maximum Gasteiger partial charge on any atom is 0.129 e. The predicted molar refractivity (Wildman–Crippen MR) is 50.3 cm³/mol. The Labute approximate surface area is 77.9 Å². The summed E-state index contributed by atoms with van der Waals surface area (Å²) in [4.78, 5) is 10.7. The Hall–Kier alpha value is -1.09. The zero-order valence-electron chi connectivity index (χ0n) is 8.04. The van der Waals surface area contributed by atoms with Crippen LogP contribution in [0.5, 0.6) is 0 Å². The molecule has 0 fully saturated rings. The van der Waals surface area contributed by atoms with E-state index in [1.807, 2.05) is 19.1 Å². The summed E-state index contributed by atoms with van der Waals surface area (Å²) in [6, 6.07) is 3.58. The van der Waals surface area contributed by atoms with Crippen LogP contribution < -0.4 is 5.73 Å². The van der Waals surface area contributed by atoms with Gasteiger partial charge in [0.25, 0.3) is 0 Å². The zero-order valence-corrected chi connectivity index (χ0v) is 8.04. The van der Waals surface area contributed by atoms with E-state index >= 15 is 0 Å². The molecule has 0 bridgehead atoms. The van der Waals surface area contributed by atoms with Crippen LogP contribution in [-0.2, 0) is 4.79 Å². The molecule has 13 heavy (non-hydrogen) atoms. The summed E-state index contributed by atoms with van der Waals surface area (Å²) in [5.41, 5.74) is 5.81. The van der Waals surface area contributed by atoms with E-state index in [0.29, 0.717) is 12.8 Å². The predicted octanol–water partition coefficient (Wildman–Crippen LogP) is 1.96. The second kappa shape index (κ2) is 4.23. The summed E-state index contributed by atoms with van der Waals surface area (Å²) in [5.74, 6) is 1.78. The van der Waals surface area contributed by atoms with E-state index < -0.39 is 0 Å². The number of Topliss-reactive ketones (excluding diaryl/α,β-unsaturated/α-hetero) is 1. The average molecular weight is 181 g/mol. The van der Waals surface area contributed by atoms with E-state index in [-0.39, 0.29) is 11.8 Å². The Balaban J connectivity index is 2.48. The van der Waals surface area contributed by atoms with Crippen LogP contribution in [0.1, 0.15) is 37.3 Å². The van der Waals surface area contributed by atoms with Crippen LogP contribution >= 0.6 is 0 Å². The molecule has 72 valence electrons. The summed E-state index contributed by atoms with van der Waals surface area (Å²) < 4.78 is 5.34. The van der Waals surface area contributed by atoms with Crippen LogP contribution in [-0.4, -0.2) is 5.78 Å². The maximum atomic E-state index is 10.7. The maximum absolute atomic E-state index is 10.7. The van der Waals surface area contributed by atoms with Crippen LogP contribution in [0.25, 0.3) is 0 Å². The number of rotatable bonds is 4. The number of hydrogen-bond donors (Lipinski definition) is 1. The molecule has 1 aromatic rings. The average Bonchev–Trinajstić information content (AvgIpc) is 2.47. The van der Waals surface area contributed by atoms with Crippen LogP contribution in [0, 0.1) is 6.92 Å². The van der Waals surface area contributed by atoms with Gasteiger partial charge in [0, 0.05) is 6.42 Å². The van der Waals surface area contributed by atoms with Crippen LogP contribution in [0.4, 0.5) is 0 Å². The van der Waals surface area contributed by atoms with Crippen molar-refractivity contribution in [3.8, 4) is 0 Å². The Morgan fingerprint density at radius 2 is 2.31 bits per heavy atom. The summed E-state index contributed by atoms with van der Waals surface area (Å²) in [6.45, 7) is 3.45. The highest BCUT2D eigenvalue weighted by atomic mass is 16.3. The minimum atomic E-state index is -0.155. The van der Waals surface area contributed by atoms with E-state index in [9.17, 15) is 4.79 Å². The summed E-state index contributed by atoms with van der Waals surface area (Å²) in [5, 5.41) is 0. The fourth-order valence-corrected chi connectivity index (χ4v) is 1.15. The number of hydrogen-bond acceptors (Lipinski definition) is 3. The standard InChI is InChI=1S/C10H15NO2/c1-7(12)3-5-9(11)10-6-4-8(2)13-10/h4,6,9H,3,5,11H2,1-2H3. The van der Waals surface area contributed by atoms with Gasteiger partial charge in [-0.15, -0.1) is 0 Å². The first-order chi connectivity index (χ1) is 6.09. The molecule has 1 rings (SSSR count). The first kappa shape index (κ1) is 9.99. The Morgan fingerprint density at radius 3 is 2.77 bits per heavy atom. The molecule has 0 aliphatic rings. The molecule has 2 N–H and O–H groups in total. The molecular weight excluding hydrogens is 166 g/mol. The van der Waals surface area contributed by atoms with Crippen molar-refractivity contribution in [1.29, 1.82) is 0 Å². The molecule has 0 amide bonds. The lowest BCUT2D eigenvalue weighted by Crippen LogP contribution is -2.10. The molecule has 0 aliphatic heterocycles. The van der Waals surface area contributed by atoms with Crippen LogP contribution in [0.2, 0.25) is 0 Å². The molecule has 0 saturated heterocycles. The quantitative estimate of drug-likeness (QED) is 0.772. The Morgan fingerprint density at radius 1 is 1.62 bits per heavy atom. The Bertz CT molecular complexity index is 291. The molecule has 1 unspecified atom stereocenters. The molecule has 0 radical (unpaired) electrons. The smallest absolute Gasteiger partial charge is 0.129 e. The number of aryl methyl sites for hydroxylation is 1. The summed E-state index contributed by atoms with van der Waals surface area (Å²) in [7, 11) is 0. The first-order valence-electron chi connectivity index (χ1n) is 4.41. The second-order valence-electron chi connectivity index (χ2n) is 3.30. The molecule has 0 aliphatic carbocycles. The first-order valence-corrected chi connectivity index (χ1v) is 4.41. The van der Waals surface area contributed by atoms with Gasteiger partial charge in [0.2, 0.25) is 0 Å². The third kappa shape index (κ3) is 3.03. The van der Waals surface area contributed by atoms with Crippen molar-refractivity contribution in [1.82, 2.24) is 0 Å². The fraction of sp³-hybridized carbons (Fsp3) is 0.500. The molecular formula is C10H15NO2. The van der Waals surface area contributed by atoms with Crippen molar-refractivity contribution >= 4 is 5.78 Å². The monoisotopic (exact) mass is 181 g/mol. The number of ketones is 1. The van der Waals surface area contributed by atoms with Gasteiger partial charge in [-0.3, -0.25) is 0 Å². The van der Waals surface area contributed by atoms with Gasteiger partial charge in [0.05, 0.1) is 6.04 Å². The number of furan rings is 1. The van der Waals surface area contributed by atoms with Gasteiger partial charge >= 0.3 is 0 Å². The van der Waals surface area contributed by atoms with E-state index in [4.69, 9.17) is 10.2 Å². The zero-order chi connectivity index (χ0) is 9.84. The summed E-state index contributed by atoms with van der Waals surface area (Å²) in [6.07, 6.45) is 1.17. The number of carbonyl (C=O) groups is 1. The second-order valence-corrected chi connectivity index (χ2v) is 3.30. The molecule has 3 nitrogen and oxygen atoms in total. The van der Waals surface area contributed by atoms with Gasteiger partial charge < -0.3 is 14.9 Å². The van der Waals surface area contributed by atoms with Gasteiger partial charge in [-0.05, 0) is 32.4 Å². The van der Waals surface area contributed by atoms with Gasteiger partial charge in [0.15, 0.2) is 0 Å². The van der Waals surface area contributed by atoms with E-state index in [1.54, 1.807) is 6.92 Å². The summed E-state index contributed by atoms with van der Waals surface area (Å²) >= 11 is 0. The molecule has 0 saturated carbocycles. The molecule has 1 atom stereocenters. The largest absolute Gasteiger partial charge is 0.465 e. The van der Waals surface area contributed by atoms with E-state index in [0.717, 1.165) is 11.5 Å². The molecule has 1 heterocycles. The van der Waals surface area contributed by atoms with E-state index in [2.05, 4.69) is 0 Å². The fourth-order valence-electron chi connectivity index (χ4n) is 1.15. The minimum Gasteiger partial charge on any atom is -0.465 e. The third-order valence-corrected chi connectivity index (χ3v) is 1.93. The van der Waals surface area contributed by atoms with Crippen molar-refractivity contribution in [3.05, 3.63) is 23.7 Å². The lowest BCUT2D eigenvalue weighted by atomic mass is 10.1. The third-order valence-electron chi connectivity index (χ3n) is 1.93. The van der Waals surface area contributed by atoms with Gasteiger partial charge in [0.1, 0.15) is 17.3 Å². The van der Waals surface area contributed by atoms with Crippen molar-refractivity contribution in [3.63, 3.8) is 0 Å². The highest BCUT2D eigenvalue weighted by Gasteiger charge is 2.10. The highest BCUT2D eigenvalue weighted by molar-refractivity contribution is 5.75. The van der Waals surface area contributed by atoms with Gasteiger partial charge in [-0.25, -0.2) is 0 Å². The number of carbonyl (C=O) groups excluding carboxylic acids is 1. The molecule has 0 spiro atoms. The normalized spacial score (nSPS) is 12.8. The lowest BCUT2D eigenvalue weighted by Gasteiger charge is -2.06. The topological polar surface area (TPSA) is 56.2 Å². The minimum absolute atomic E-state index is 0.155. The van der Waals surface area contributed by atoms with Gasteiger partial charge in [-0.2, -0.15) is 0 Å². The lowest BCUT2D eigenvalue weighted by molar-refractivity contribution is -0.117.